The maximum Gasteiger partial charge on any atom is 0.192 e. The normalized spacial score (nSPS) is 27.5. The molecule has 0 aromatic heterocycles. The van der Waals surface area contributed by atoms with Crippen LogP contribution in [0.1, 0.15) is 54.4 Å². The summed E-state index contributed by atoms with van der Waals surface area (Å²) >= 11 is 0. The highest BCUT2D eigenvalue weighted by Crippen LogP contribution is 2.42. The summed E-state index contributed by atoms with van der Waals surface area (Å²) in [4.78, 5) is 0. The predicted molar refractivity (Wildman–Crippen MR) is 104 cm³/mol. The Morgan fingerprint density at radius 3 is 1.78 bits per heavy atom. The van der Waals surface area contributed by atoms with Crippen molar-refractivity contribution in [3.8, 4) is 0 Å². The SMILES string of the molecule is CC(C)(C)[Si](C)(C)OCC1C[C@@H](O)CC1O[Si](C)(C)C(C)(C)C. The monoisotopic (exact) mass is 360 g/mol. The summed E-state index contributed by atoms with van der Waals surface area (Å²) in [5, 5.41) is 10.6. The van der Waals surface area contributed by atoms with Gasteiger partial charge in [0.15, 0.2) is 16.6 Å². The van der Waals surface area contributed by atoms with Crippen molar-refractivity contribution in [2.24, 2.45) is 5.92 Å². The van der Waals surface area contributed by atoms with Crippen LogP contribution in [0, 0.1) is 5.92 Å². The molecule has 1 N–H and O–H groups in total. The summed E-state index contributed by atoms with van der Waals surface area (Å²) in [7, 11) is -3.55. The Morgan fingerprint density at radius 2 is 1.35 bits per heavy atom. The fourth-order valence-electron chi connectivity index (χ4n) is 2.46. The first-order chi connectivity index (χ1) is 10.1. The van der Waals surface area contributed by atoms with Crippen LogP contribution in [0.5, 0.6) is 0 Å². The number of hydrogen-bond donors (Lipinski definition) is 1. The molecule has 0 aromatic rings. The second-order valence-electron chi connectivity index (χ2n) is 10.4. The van der Waals surface area contributed by atoms with Gasteiger partial charge in [-0.15, -0.1) is 0 Å². The van der Waals surface area contributed by atoms with E-state index in [4.69, 9.17) is 8.85 Å². The van der Waals surface area contributed by atoms with Gasteiger partial charge in [0, 0.05) is 12.5 Å². The molecule has 1 aliphatic carbocycles. The van der Waals surface area contributed by atoms with Crippen molar-refractivity contribution in [2.75, 3.05) is 6.61 Å². The lowest BCUT2D eigenvalue weighted by Crippen LogP contribution is -2.46. The van der Waals surface area contributed by atoms with Gasteiger partial charge in [0.25, 0.3) is 0 Å². The third kappa shape index (κ3) is 5.39. The minimum absolute atomic E-state index is 0.149. The summed E-state index contributed by atoms with van der Waals surface area (Å²) in [6.07, 6.45) is 1.49. The zero-order valence-electron chi connectivity index (χ0n) is 17.1. The van der Waals surface area contributed by atoms with E-state index in [9.17, 15) is 5.11 Å². The van der Waals surface area contributed by atoms with Gasteiger partial charge in [-0.05, 0) is 49.1 Å². The second-order valence-corrected chi connectivity index (χ2v) is 19.9. The highest BCUT2D eigenvalue weighted by molar-refractivity contribution is 6.74. The standard InChI is InChI=1S/C18H40O3Si2/c1-17(2,3)22(7,8)20-13-14-11-15(19)12-16(14)21-23(9,10)18(4,5)6/h14-16,19H,11-13H2,1-10H3/t14?,15-,16?/m1/s1. The maximum atomic E-state index is 10.2. The van der Waals surface area contributed by atoms with Gasteiger partial charge in [-0.2, -0.15) is 0 Å². The summed E-state index contributed by atoms with van der Waals surface area (Å²) < 4.78 is 13.0. The van der Waals surface area contributed by atoms with Crippen LogP contribution in [0.2, 0.25) is 36.3 Å². The molecule has 0 saturated heterocycles. The molecule has 1 saturated carbocycles. The van der Waals surface area contributed by atoms with E-state index in [1.165, 1.54) is 0 Å². The Bertz CT molecular complexity index is 394. The molecule has 0 heterocycles. The topological polar surface area (TPSA) is 38.7 Å². The van der Waals surface area contributed by atoms with Gasteiger partial charge in [0.2, 0.25) is 0 Å². The Labute approximate surface area is 146 Å². The van der Waals surface area contributed by atoms with E-state index < -0.39 is 16.6 Å². The van der Waals surface area contributed by atoms with Crippen molar-refractivity contribution in [3.05, 3.63) is 0 Å². The molecule has 0 amide bonds. The maximum absolute atomic E-state index is 10.2. The molecular weight excluding hydrogens is 320 g/mol. The molecule has 3 atom stereocenters. The third-order valence-electron chi connectivity index (χ3n) is 6.32. The Morgan fingerprint density at radius 1 is 0.870 bits per heavy atom. The Kier molecular flexibility index (Phi) is 6.41. The number of aliphatic hydroxyl groups is 1. The molecule has 1 rings (SSSR count). The van der Waals surface area contributed by atoms with E-state index in [2.05, 4.69) is 67.7 Å². The van der Waals surface area contributed by atoms with Crippen LogP contribution in [0.4, 0.5) is 0 Å². The summed E-state index contributed by atoms with van der Waals surface area (Å²) in [5.74, 6) is 0.327. The fraction of sp³-hybridized carbons (Fsp3) is 1.00. The van der Waals surface area contributed by atoms with Crippen molar-refractivity contribution in [1.82, 2.24) is 0 Å². The van der Waals surface area contributed by atoms with E-state index in [-0.39, 0.29) is 22.3 Å². The largest absolute Gasteiger partial charge is 0.416 e. The van der Waals surface area contributed by atoms with Gasteiger partial charge < -0.3 is 14.0 Å². The van der Waals surface area contributed by atoms with E-state index >= 15 is 0 Å². The fourth-order valence-corrected chi connectivity index (χ4v) is 4.93. The second kappa shape index (κ2) is 6.91. The molecule has 1 fully saturated rings. The van der Waals surface area contributed by atoms with Crippen LogP contribution in [-0.2, 0) is 8.85 Å². The summed E-state index contributed by atoms with van der Waals surface area (Å²) in [6, 6.07) is 0. The molecule has 1 aliphatic rings. The molecule has 23 heavy (non-hydrogen) atoms. The van der Waals surface area contributed by atoms with Crippen molar-refractivity contribution < 1.29 is 14.0 Å². The van der Waals surface area contributed by atoms with Crippen molar-refractivity contribution in [3.63, 3.8) is 0 Å². The van der Waals surface area contributed by atoms with Crippen molar-refractivity contribution in [1.29, 1.82) is 0 Å². The van der Waals surface area contributed by atoms with Crippen molar-refractivity contribution >= 4 is 16.6 Å². The van der Waals surface area contributed by atoms with E-state index in [0.717, 1.165) is 19.4 Å². The van der Waals surface area contributed by atoms with Crippen LogP contribution in [-0.4, -0.2) is 40.6 Å². The van der Waals surface area contributed by atoms with Crippen LogP contribution < -0.4 is 0 Å². The number of hydrogen-bond acceptors (Lipinski definition) is 3. The van der Waals surface area contributed by atoms with Gasteiger partial charge in [-0.25, -0.2) is 0 Å². The minimum atomic E-state index is -1.81. The molecule has 0 spiro atoms. The van der Waals surface area contributed by atoms with Crippen LogP contribution in [0.15, 0.2) is 0 Å². The average Bonchev–Trinajstić information content (AvgIpc) is 2.63. The van der Waals surface area contributed by atoms with Crippen LogP contribution in [0.3, 0.4) is 0 Å². The molecule has 0 bridgehead atoms. The lowest BCUT2D eigenvalue weighted by Gasteiger charge is -2.41. The lowest BCUT2D eigenvalue weighted by atomic mass is 10.1. The molecule has 0 aliphatic heterocycles. The predicted octanol–water partition coefficient (Wildman–Crippen LogP) is 5.17. The summed E-state index contributed by atoms with van der Waals surface area (Å²) in [5.41, 5.74) is 0. The van der Waals surface area contributed by atoms with Crippen molar-refractivity contribution in [2.45, 2.75) is 103 Å². The first-order valence-corrected chi connectivity index (χ1v) is 14.9. The highest BCUT2D eigenvalue weighted by Gasteiger charge is 2.45. The Hall–Kier alpha value is 0.314. The van der Waals surface area contributed by atoms with Crippen LogP contribution >= 0.6 is 0 Å². The molecule has 2 unspecified atom stereocenters. The average molecular weight is 361 g/mol. The first-order valence-electron chi connectivity index (χ1n) is 9.07. The molecule has 5 heteroatoms. The van der Waals surface area contributed by atoms with E-state index in [1.54, 1.807) is 0 Å². The molecule has 0 aromatic carbocycles. The Balaban J connectivity index is 2.74. The smallest absolute Gasteiger partial charge is 0.192 e. The van der Waals surface area contributed by atoms with Gasteiger partial charge in [-0.3, -0.25) is 0 Å². The zero-order chi connectivity index (χ0) is 18.3. The van der Waals surface area contributed by atoms with E-state index in [0.29, 0.717) is 5.92 Å². The quantitative estimate of drug-likeness (QED) is 0.687. The summed E-state index contributed by atoms with van der Waals surface area (Å²) in [6.45, 7) is 23.5. The number of aliphatic hydroxyl groups excluding tert-OH is 1. The minimum Gasteiger partial charge on any atom is -0.416 e. The molecule has 0 radical (unpaired) electrons. The van der Waals surface area contributed by atoms with E-state index in [1.807, 2.05) is 0 Å². The molecule has 138 valence electrons. The van der Waals surface area contributed by atoms with Gasteiger partial charge in [-0.1, -0.05) is 41.5 Å². The van der Waals surface area contributed by atoms with Gasteiger partial charge in [0.1, 0.15) is 0 Å². The van der Waals surface area contributed by atoms with Crippen LogP contribution in [0.25, 0.3) is 0 Å². The molecule has 3 nitrogen and oxygen atoms in total. The number of rotatable bonds is 5. The first kappa shape index (κ1) is 21.4. The lowest BCUT2D eigenvalue weighted by molar-refractivity contribution is 0.0994. The zero-order valence-corrected chi connectivity index (χ0v) is 19.1. The van der Waals surface area contributed by atoms with Gasteiger partial charge in [0.05, 0.1) is 12.2 Å². The van der Waals surface area contributed by atoms with Gasteiger partial charge >= 0.3 is 0 Å². The highest BCUT2D eigenvalue weighted by atomic mass is 28.4. The molecular formula is C18H40O3Si2. The third-order valence-corrected chi connectivity index (χ3v) is 15.3.